The predicted molar refractivity (Wildman–Crippen MR) is 109 cm³/mol. The average Bonchev–Trinajstić information content (AvgIpc) is 3.24. The first kappa shape index (κ1) is 18.8. The number of nitrogens with zero attached hydrogens (tertiary/aromatic N) is 2. The first-order chi connectivity index (χ1) is 13.0. The minimum atomic E-state index is -0.477. The van der Waals surface area contributed by atoms with E-state index in [-0.39, 0.29) is 11.6 Å². The van der Waals surface area contributed by atoms with Crippen molar-refractivity contribution in [1.29, 1.82) is 0 Å². The fourth-order valence-corrected chi connectivity index (χ4v) is 5.78. The molecule has 2 aliphatic carbocycles. The van der Waals surface area contributed by atoms with Crippen molar-refractivity contribution in [3.05, 3.63) is 29.4 Å². The molecule has 4 rings (SSSR count). The van der Waals surface area contributed by atoms with Crippen LogP contribution in [0.25, 0.3) is 10.2 Å². The molecule has 5 nitrogen and oxygen atoms in total. The van der Waals surface area contributed by atoms with Crippen LogP contribution in [0.2, 0.25) is 0 Å². The molecule has 2 atom stereocenters. The van der Waals surface area contributed by atoms with E-state index in [9.17, 15) is 5.11 Å². The monoisotopic (exact) mass is 387 g/mol. The first-order valence-electron chi connectivity index (χ1n) is 10.1. The zero-order chi connectivity index (χ0) is 19.0. The lowest BCUT2D eigenvalue weighted by Crippen LogP contribution is -2.44. The predicted octanol–water partition coefficient (Wildman–Crippen LogP) is 4.09. The smallest absolute Gasteiger partial charge is 0.225 e. The van der Waals surface area contributed by atoms with E-state index in [2.05, 4.69) is 23.5 Å². The molecule has 1 fully saturated rings. The summed E-state index contributed by atoms with van der Waals surface area (Å²) < 4.78 is 6.39. The Balaban J connectivity index is 1.60. The largest absolute Gasteiger partial charge is 0.474 e. The highest BCUT2D eigenvalue weighted by atomic mass is 32.1. The van der Waals surface area contributed by atoms with Crippen molar-refractivity contribution in [2.24, 2.45) is 5.73 Å². The fourth-order valence-electron chi connectivity index (χ4n) is 4.55. The molecule has 0 aliphatic heterocycles. The zero-order valence-corrected chi connectivity index (χ0v) is 16.8. The van der Waals surface area contributed by atoms with Crippen molar-refractivity contribution in [2.45, 2.75) is 82.0 Å². The van der Waals surface area contributed by atoms with Crippen LogP contribution in [0.1, 0.15) is 68.2 Å². The number of aromatic nitrogens is 2. The van der Waals surface area contributed by atoms with E-state index in [4.69, 9.17) is 10.5 Å². The van der Waals surface area contributed by atoms with E-state index in [1.807, 2.05) is 0 Å². The second kappa shape index (κ2) is 7.49. The number of thiophene rings is 1. The number of rotatable bonds is 6. The van der Waals surface area contributed by atoms with Crippen LogP contribution >= 0.6 is 11.3 Å². The Hall–Kier alpha value is -1.50. The van der Waals surface area contributed by atoms with E-state index in [0.29, 0.717) is 18.2 Å². The normalized spacial score (nSPS) is 28.9. The molecule has 146 valence electrons. The number of aryl methyl sites for hydroxylation is 1. The fraction of sp³-hybridized carbons (Fsp3) is 0.619. The van der Waals surface area contributed by atoms with Crippen LogP contribution in [-0.2, 0) is 6.42 Å². The van der Waals surface area contributed by atoms with Crippen LogP contribution in [0.15, 0.2) is 19.0 Å². The second-order valence-electron chi connectivity index (χ2n) is 8.11. The van der Waals surface area contributed by atoms with Gasteiger partial charge < -0.3 is 15.6 Å². The highest BCUT2D eigenvalue weighted by Gasteiger charge is 2.34. The summed E-state index contributed by atoms with van der Waals surface area (Å²) in [4.78, 5) is 11.4. The summed E-state index contributed by atoms with van der Waals surface area (Å²) >= 11 is 1.75. The number of hydrogen-bond donors (Lipinski definition) is 2. The Morgan fingerprint density at radius 1 is 1.41 bits per heavy atom. The van der Waals surface area contributed by atoms with Gasteiger partial charge in [-0.15, -0.1) is 17.9 Å². The average molecular weight is 388 g/mol. The Morgan fingerprint density at radius 2 is 2.19 bits per heavy atom. The first-order valence-corrected chi connectivity index (χ1v) is 10.9. The Bertz CT molecular complexity index is 826. The van der Waals surface area contributed by atoms with Crippen LogP contribution in [0.4, 0.5) is 0 Å². The minimum Gasteiger partial charge on any atom is -0.474 e. The maximum atomic E-state index is 10.1. The minimum absolute atomic E-state index is 0.0313. The highest BCUT2D eigenvalue weighted by molar-refractivity contribution is 7.19. The van der Waals surface area contributed by atoms with Gasteiger partial charge in [-0.25, -0.2) is 9.97 Å². The van der Waals surface area contributed by atoms with Crippen molar-refractivity contribution in [1.82, 2.24) is 9.97 Å². The molecule has 0 bridgehead atoms. The maximum absolute atomic E-state index is 10.1. The van der Waals surface area contributed by atoms with E-state index in [1.165, 1.54) is 10.4 Å². The Morgan fingerprint density at radius 3 is 2.89 bits per heavy atom. The summed E-state index contributed by atoms with van der Waals surface area (Å²) in [5.41, 5.74) is 7.69. The molecule has 0 radical (unpaired) electrons. The summed E-state index contributed by atoms with van der Waals surface area (Å²) in [6, 6.07) is 0. The van der Waals surface area contributed by atoms with Gasteiger partial charge in [-0.05, 0) is 62.8 Å². The molecule has 0 saturated heterocycles. The summed E-state index contributed by atoms with van der Waals surface area (Å²) in [6.07, 6.45) is 10.7. The van der Waals surface area contributed by atoms with E-state index in [0.717, 1.165) is 55.2 Å². The third-order valence-corrected chi connectivity index (χ3v) is 7.58. The molecule has 27 heavy (non-hydrogen) atoms. The summed E-state index contributed by atoms with van der Waals surface area (Å²) in [5.74, 6) is 1.03. The summed E-state index contributed by atoms with van der Waals surface area (Å²) in [5, 5.41) is 11.1. The lowest BCUT2D eigenvalue weighted by atomic mass is 9.79. The standard InChI is InChI=1S/C21H29N3O2S/c1-3-14(25)11-13-5-6-16-17(13)18-19(23-12-24-20(18)27-16)26-15-7-9-21(22,4-2)10-8-15/h3,12-15,25H,1,4-11,22H2,2H3/t13-,14-,15?,21?/m1/s1. The van der Waals surface area contributed by atoms with Gasteiger partial charge in [0.25, 0.3) is 0 Å². The lowest BCUT2D eigenvalue weighted by Gasteiger charge is -2.36. The van der Waals surface area contributed by atoms with Gasteiger partial charge in [-0.1, -0.05) is 13.0 Å². The van der Waals surface area contributed by atoms with Crippen molar-refractivity contribution in [3.8, 4) is 5.88 Å². The van der Waals surface area contributed by atoms with Gasteiger partial charge >= 0.3 is 0 Å². The van der Waals surface area contributed by atoms with Crippen LogP contribution in [0, 0.1) is 0 Å². The van der Waals surface area contributed by atoms with Crippen molar-refractivity contribution < 1.29 is 9.84 Å². The van der Waals surface area contributed by atoms with Gasteiger partial charge in [0.2, 0.25) is 5.88 Å². The van der Waals surface area contributed by atoms with Crippen LogP contribution in [-0.4, -0.2) is 32.8 Å². The molecule has 3 N–H and O–H groups in total. The molecule has 6 heteroatoms. The molecule has 0 unspecified atom stereocenters. The molecule has 0 amide bonds. The molecule has 2 aliphatic rings. The number of nitrogens with two attached hydrogens (primary N) is 1. The molecule has 2 heterocycles. The topological polar surface area (TPSA) is 81.3 Å². The molecular formula is C21H29N3O2S. The SMILES string of the molecule is C=C[C@@H](O)C[C@H]1CCc2sc3ncnc(OC4CCC(N)(CC)CC4)c3c21. The maximum Gasteiger partial charge on any atom is 0.225 e. The number of aliphatic hydroxyl groups is 1. The van der Waals surface area contributed by atoms with Crippen molar-refractivity contribution in [2.75, 3.05) is 0 Å². The quantitative estimate of drug-likeness (QED) is 0.730. The number of hydrogen-bond acceptors (Lipinski definition) is 6. The van der Waals surface area contributed by atoms with Gasteiger partial charge in [0.05, 0.1) is 11.5 Å². The Labute approximate surface area is 164 Å². The molecule has 0 spiro atoms. The van der Waals surface area contributed by atoms with Crippen LogP contribution in [0.3, 0.4) is 0 Å². The lowest BCUT2D eigenvalue weighted by molar-refractivity contribution is 0.113. The zero-order valence-electron chi connectivity index (χ0n) is 16.0. The van der Waals surface area contributed by atoms with E-state index < -0.39 is 6.10 Å². The molecule has 2 aromatic rings. The van der Waals surface area contributed by atoms with Crippen molar-refractivity contribution >= 4 is 21.6 Å². The summed E-state index contributed by atoms with van der Waals surface area (Å²) in [6.45, 7) is 5.88. The molecule has 0 aromatic carbocycles. The molecule has 2 aromatic heterocycles. The number of aliphatic hydroxyl groups excluding tert-OH is 1. The number of ether oxygens (including phenoxy) is 1. The number of fused-ring (bicyclic) bond motifs is 3. The van der Waals surface area contributed by atoms with Crippen LogP contribution in [0.5, 0.6) is 5.88 Å². The van der Waals surface area contributed by atoms with E-state index in [1.54, 1.807) is 23.7 Å². The third kappa shape index (κ3) is 3.62. The van der Waals surface area contributed by atoms with Crippen LogP contribution < -0.4 is 10.5 Å². The van der Waals surface area contributed by atoms with Gasteiger partial charge in [-0.2, -0.15) is 0 Å². The van der Waals surface area contributed by atoms with Crippen molar-refractivity contribution in [3.63, 3.8) is 0 Å². The van der Waals surface area contributed by atoms with Gasteiger partial charge in [0, 0.05) is 10.4 Å². The van der Waals surface area contributed by atoms with Gasteiger partial charge in [0.15, 0.2) is 0 Å². The highest BCUT2D eigenvalue weighted by Crippen LogP contribution is 2.48. The molecule has 1 saturated carbocycles. The van der Waals surface area contributed by atoms with E-state index >= 15 is 0 Å². The summed E-state index contributed by atoms with van der Waals surface area (Å²) in [7, 11) is 0. The second-order valence-corrected chi connectivity index (χ2v) is 9.19. The van der Waals surface area contributed by atoms with Gasteiger partial charge in [0.1, 0.15) is 17.3 Å². The molecular weight excluding hydrogens is 358 g/mol. The third-order valence-electron chi connectivity index (χ3n) is 6.40. The van der Waals surface area contributed by atoms with Gasteiger partial charge in [-0.3, -0.25) is 0 Å². The Kier molecular flexibility index (Phi) is 5.23.